The van der Waals surface area contributed by atoms with Crippen molar-refractivity contribution in [2.45, 2.75) is 12.1 Å². The number of hydrogen-bond acceptors (Lipinski definition) is 6. The van der Waals surface area contributed by atoms with E-state index >= 15 is 0 Å². The molecule has 9 nitrogen and oxygen atoms in total. The van der Waals surface area contributed by atoms with E-state index in [9.17, 15) is 19.5 Å². The summed E-state index contributed by atoms with van der Waals surface area (Å²) in [5, 5.41) is 11.1. The van der Waals surface area contributed by atoms with Crippen LogP contribution in [0.15, 0.2) is 58.1 Å². The molecule has 3 heterocycles. The second kappa shape index (κ2) is 8.49. The largest absolute Gasteiger partial charge is 0.389 e. The van der Waals surface area contributed by atoms with Crippen LogP contribution in [0.4, 0.5) is 5.69 Å². The lowest BCUT2D eigenvalue weighted by molar-refractivity contribution is 0.0764. The Labute approximate surface area is 190 Å². The Bertz CT molecular complexity index is 1290. The van der Waals surface area contributed by atoms with Gasteiger partial charge in [-0.25, -0.2) is 4.79 Å². The van der Waals surface area contributed by atoms with E-state index in [-0.39, 0.29) is 19.0 Å². The molecule has 0 spiro atoms. The fourth-order valence-corrected chi connectivity index (χ4v) is 4.79. The number of carbonyl (C=O) groups excluding carboxylic acids is 1. The van der Waals surface area contributed by atoms with Gasteiger partial charge in [0, 0.05) is 50.5 Å². The summed E-state index contributed by atoms with van der Waals surface area (Å²) in [6.07, 6.45) is -0.925. The van der Waals surface area contributed by atoms with Crippen molar-refractivity contribution >= 4 is 22.5 Å². The lowest BCUT2D eigenvalue weighted by Crippen LogP contribution is -2.44. The van der Waals surface area contributed by atoms with E-state index < -0.39 is 23.4 Å². The van der Waals surface area contributed by atoms with Gasteiger partial charge in [-0.3, -0.25) is 19.1 Å². The van der Waals surface area contributed by atoms with Gasteiger partial charge in [0.2, 0.25) is 0 Å². The number of aliphatic hydroxyl groups excluding tert-OH is 1. The molecule has 2 aliphatic rings. The van der Waals surface area contributed by atoms with E-state index in [1.54, 1.807) is 29.2 Å². The van der Waals surface area contributed by atoms with Gasteiger partial charge >= 0.3 is 5.69 Å². The number of piperazine rings is 1. The highest BCUT2D eigenvalue weighted by atomic mass is 16.3. The van der Waals surface area contributed by atoms with Crippen LogP contribution in [0.5, 0.6) is 0 Å². The minimum absolute atomic E-state index is 0.115. The fourth-order valence-electron chi connectivity index (χ4n) is 4.79. The van der Waals surface area contributed by atoms with Crippen molar-refractivity contribution in [3.8, 4) is 0 Å². The predicted molar refractivity (Wildman–Crippen MR) is 126 cm³/mol. The van der Waals surface area contributed by atoms with Crippen molar-refractivity contribution in [2.24, 2.45) is 0 Å². The molecule has 0 unspecified atom stereocenters. The summed E-state index contributed by atoms with van der Waals surface area (Å²) in [5.74, 6) is -0.191. The van der Waals surface area contributed by atoms with Gasteiger partial charge in [0.1, 0.15) is 0 Å². The van der Waals surface area contributed by atoms with E-state index in [0.29, 0.717) is 16.5 Å². The van der Waals surface area contributed by atoms with E-state index in [1.165, 1.54) is 4.57 Å². The molecule has 3 aromatic rings. The number of aromatic nitrogens is 2. The molecule has 2 N–H and O–H groups in total. The molecule has 5 rings (SSSR count). The minimum Gasteiger partial charge on any atom is -0.389 e. The van der Waals surface area contributed by atoms with Crippen molar-refractivity contribution in [3.63, 3.8) is 0 Å². The van der Waals surface area contributed by atoms with Crippen LogP contribution >= 0.6 is 0 Å². The van der Waals surface area contributed by atoms with Crippen LogP contribution in [-0.4, -0.2) is 82.8 Å². The highest BCUT2D eigenvalue weighted by Crippen LogP contribution is 2.26. The van der Waals surface area contributed by atoms with Crippen LogP contribution in [0.1, 0.15) is 16.4 Å². The molecule has 0 radical (unpaired) electrons. The molecule has 0 aliphatic carbocycles. The Morgan fingerprint density at radius 3 is 2.39 bits per heavy atom. The van der Waals surface area contributed by atoms with Gasteiger partial charge < -0.3 is 19.8 Å². The Morgan fingerprint density at radius 1 is 0.970 bits per heavy atom. The first kappa shape index (κ1) is 21.4. The summed E-state index contributed by atoms with van der Waals surface area (Å²) in [6, 6.07) is 13.7. The molecule has 33 heavy (non-hydrogen) atoms. The van der Waals surface area contributed by atoms with Crippen molar-refractivity contribution in [1.82, 2.24) is 19.4 Å². The number of nitrogens with zero attached hydrogens (tertiary/aromatic N) is 4. The number of rotatable bonds is 3. The van der Waals surface area contributed by atoms with Crippen molar-refractivity contribution in [1.29, 1.82) is 0 Å². The Morgan fingerprint density at radius 2 is 1.67 bits per heavy atom. The van der Waals surface area contributed by atoms with E-state index in [1.807, 2.05) is 24.3 Å². The lowest BCUT2D eigenvalue weighted by atomic mass is 10.1. The summed E-state index contributed by atoms with van der Waals surface area (Å²) in [4.78, 5) is 46.4. The minimum atomic E-state index is -0.925. The van der Waals surface area contributed by atoms with Gasteiger partial charge in [-0.15, -0.1) is 0 Å². The van der Waals surface area contributed by atoms with Crippen molar-refractivity contribution in [2.75, 3.05) is 51.2 Å². The summed E-state index contributed by atoms with van der Waals surface area (Å²) in [6.45, 7) is 4.20. The van der Waals surface area contributed by atoms with Gasteiger partial charge in [0.25, 0.3) is 11.5 Å². The van der Waals surface area contributed by atoms with Crippen LogP contribution in [0.2, 0.25) is 0 Å². The van der Waals surface area contributed by atoms with Gasteiger partial charge in [-0.05, 0) is 43.4 Å². The standard InChI is InChI=1S/C24H27N5O4/c1-26-10-12-27(13-11-26)17-8-6-16(7-9-17)23(32)28-14-20(21(30)15-28)29-19-5-3-2-4-18(19)22(31)25-24(29)33/h2-9,20-21,30H,10-15H2,1H3,(H,25,31,33)/t20-,21-/m0/s1. The molecule has 1 aromatic heterocycles. The number of H-pyrrole nitrogens is 1. The molecule has 2 aliphatic heterocycles. The molecule has 0 saturated carbocycles. The third kappa shape index (κ3) is 3.94. The molecule has 2 fully saturated rings. The van der Waals surface area contributed by atoms with E-state index in [2.05, 4.69) is 21.8 Å². The third-order valence-corrected chi connectivity index (χ3v) is 6.71. The number of anilines is 1. The van der Waals surface area contributed by atoms with E-state index in [4.69, 9.17) is 0 Å². The molecule has 0 bridgehead atoms. The first-order valence-corrected chi connectivity index (χ1v) is 11.2. The normalized spacial score (nSPS) is 21.6. The van der Waals surface area contributed by atoms with Crippen LogP contribution in [-0.2, 0) is 0 Å². The van der Waals surface area contributed by atoms with Crippen LogP contribution in [0.3, 0.4) is 0 Å². The van der Waals surface area contributed by atoms with Gasteiger partial charge in [-0.2, -0.15) is 0 Å². The first-order valence-electron chi connectivity index (χ1n) is 11.2. The number of para-hydroxylation sites is 1. The number of likely N-dealkylation sites (N-methyl/N-ethyl adjacent to an activating group) is 1. The molecule has 9 heteroatoms. The number of hydrogen-bond donors (Lipinski definition) is 2. The maximum Gasteiger partial charge on any atom is 0.329 e. The maximum absolute atomic E-state index is 13.2. The van der Waals surface area contributed by atoms with Crippen molar-refractivity contribution in [3.05, 3.63) is 74.9 Å². The van der Waals surface area contributed by atoms with Crippen LogP contribution < -0.4 is 16.1 Å². The summed E-state index contributed by atoms with van der Waals surface area (Å²) >= 11 is 0. The zero-order valence-corrected chi connectivity index (χ0v) is 18.5. The summed E-state index contributed by atoms with van der Waals surface area (Å²) in [7, 11) is 2.11. The van der Waals surface area contributed by atoms with Gasteiger partial charge in [0.15, 0.2) is 0 Å². The number of aromatic amines is 1. The van der Waals surface area contributed by atoms with Gasteiger partial charge in [-0.1, -0.05) is 12.1 Å². The van der Waals surface area contributed by atoms with E-state index in [0.717, 1.165) is 31.9 Å². The molecule has 1 amide bonds. The summed E-state index contributed by atoms with van der Waals surface area (Å²) in [5.41, 5.74) is 1.02. The fraction of sp³-hybridized carbons (Fsp3) is 0.375. The SMILES string of the molecule is CN1CCN(c2ccc(C(=O)N3C[C@H](O)[C@@H](n4c(=O)[nH]c(=O)c5ccccc54)C3)cc2)CC1. The van der Waals surface area contributed by atoms with Crippen LogP contribution in [0.25, 0.3) is 10.9 Å². The number of amides is 1. The highest BCUT2D eigenvalue weighted by Gasteiger charge is 2.37. The maximum atomic E-state index is 13.2. The lowest BCUT2D eigenvalue weighted by Gasteiger charge is -2.34. The molecule has 172 valence electrons. The van der Waals surface area contributed by atoms with Gasteiger partial charge in [0.05, 0.1) is 23.0 Å². The average Bonchev–Trinajstić information content (AvgIpc) is 3.20. The summed E-state index contributed by atoms with van der Waals surface area (Å²) < 4.78 is 1.39. The zero-order chi connectivity index (χ0) is 23.1. The molecular formula is C24H27N5O4. The average molecular weight is 450 g/mol. The Kier molecular flexibility index (Phi) is 5.51. The Balaban J connectivity index is 1.37. The predicted octanol–water partition coefficient (Wildman–Crippen LogP) is 0.500. The monoisotopic (exact) mass is 449 g/mol. The second-order valence-electron chi connectivity index (χ2n) is 8.83. The number of fused-ring (bicyclic) bond motifs is 1. The highest BCUT2D eigenvalue weighted by molar-refractivity contribution is 5.95. The third-order valence-electron chi connectivity index (χ3n) is 6.71. The number of benzene rings is 2. The molecule has 2 atom stereocenters. The number of aliphatic hydroxyl groups is 1. The molecule has 2 aromatic carbocycles. The molecular weight excluding hydrogens is 422 g/mol. The first-order chi connectivity index (χ1) is 15.9. The second-order valence-corrected chi connectivity index (χ2v) is 8.83. The number of nitrogens with one attached hydrogen (secondary N) is 1. The topological polar surface area (TPSA) is 102 Å². The number of β-amino-alcohol motifs (C(OH)–C–C–N with tert-alkyl or cyclic N) is 1. The number of carbonyl (C=O) groups is 1. The quantitative estimate of drug-likeness (QED) is 0.604. The zero-order valence-electron chi connectivity index (χ0n) is 18.5. The Hall–Kier alpha value is -3.43. The van der Waals surface area contributed by atoms with Crippen molar-refractivity contribution < 1.29 is 9.90 Å². The smallest absolute Gasteiger partial charge is 0.329 e. The molecule has 2 saturated heterocycles. The van der Waals surface area contributed by atoms with Crippen LogP contribution in [0, 0.1) is 0 Å². The number of likely N-dealkylation sites (tertiary alicyclic amines) is 1.